The predicted molar refractivity (Wildman–Crippen MR) is 154 cm³/mol. The number of carbonyl (C=O) groups is 2. The Hall–Kier alpha value is -4.88. The van der Waals surface area contributed by atoms with Crippen LogP contribution < -0.4 is 16.4 Å². The SMILES string of the molecule is C#Cc1cccc(C(=O)Nc2cc(-c3ccc(NC(=O)c4cccc(C(C)(N)C(F)(F)F)c4)cc3)nn2C)c1.CC. The number of hydrogen-bond acceptors (Lipinski definition) is 4. The summed E-state index contributed by atoms with van der Waals surface area (Å²) in [5.41, 5.74) is 5.43. The highest BCUT2D eigenvalue weighted by molar-refractivity contribution is 6.05. The van der Waals surface area contributed by atoms with Gasteiger partial charge in [-0.05, 0) is 55.0 Å². The number of nitrogens with two attached hydrogens (primary N) is 1. The summed E-state index contributed by atoms with van der Waals surface area (Å²) >= 11 is 0. The zero-order valence-electron chi connectivity index (χ0n) is 23.0. The molecule has 4 N–H and O–H groups in total. The molecular formula is C31H30F3N5O2. The number of alkyl halides is 3. The lowest BCUT2D eigenvalue weighted by Gasteiger charge is -2.28. The van der Waals surface area contributed by atoms with Crippen LogP contribution in [0, 0.1) is 12.3 Å². The number of aromatic nitrogens is 2. The molecule has 4 aromatic rings. The number of hydrogen-bond donors (Lipinski definition) is 3. The van der Waals surface area contributed by atoms with Crippen LogP contribution in [0.3, 0.4) is 0 Å². The van der Waals surface area contributed by atoms with Crippen molar-refractivity contribution < 1.29 is 22.8 Å². The first-order valence-corrected chi connectivity index (χ1v) is 12.7. The van der Waals surface area contributed by atoms with Gasteiger partial charge in [-0.1, -0.05) is 50.1 Å². The molecular weight excluding hydrogens is 531 g/mol. The number of nitrogens with zero attached hydrogens (tertiary/aromatic N) is 2. The molecule has 1 heterocycles. The Kier molecular flexibility index (Phi) is 9.37. The number of halogens is 3. The van der Waals surface area contributed by atoms with Crippen LogP contribution in [-0.2, 0) is 12.6 Å². The lowest BCUT2D eigenvalue weighted by Crippen LogP contribution is -2.47. The van der Waals surface area contributed by atoms with E-state index in [1.54, 1.807) is 61.6 Å². The van der Waals surface area contributed by atoms with Gasteiger partial charge >= 0.3 is 6.18 Å². The van der Waals surface area contributed by atoms with Crippen molar-refractivity contribution in [1.82, 2.24) is 9.78 Å². The fourth-order valence-electron chi connectivity index (χ4n) is 3.74. The van der Waals surface area contributed by atoms with Gasteiger partial charge in [0, 0.05) is 41.1 Å². The monoisotopic (exact) mass is 561 g/mol. The van der Waals surface area contributed by atoms with E-state index in [-0.39, 0.29) is 17.0 Å². The Bertz CT molecular complexity index is 1580. The predicted octanol–water partition coefficient (Wildman–Crippen LogP) is 6.34. The minimum atomic E-state index is -4.68. The van der Waals surface area contributed by atoms with Gasteiger partial charge in [-0.25, -0.2) is 0 Å². The van der Waals surface area contributed by atoms with Gasteiger partial charge in [0.15, 0.2) is 0 Å². The van der Waals surface area contributed by atoms with Crippen LogP contribution in [-0.4, -0.2) is 27.8 Å². The van der Waals surface area contributed by atoms with Crippen LogP contribution in [0.1, 0.15) is 52.6 Å². The largest absolute Gasteiger partial charge is 0.410 e. The second-order valence-electron chi connectivity index (χ2n) is 9.03. The van der Waals surface area contributed by atoms with Crippen molar-refractivity contribution >= 4 is 23.3 Å². The number of carbonyl (C=O) groups excluding carboxylic acids is 2. The van der Waals surface area contributed by atoms with Crippen LogP contribution in [0.25, 0.3) is 11.3 Å². The number of terminal acetylenes is 1. The fraction of sp³-hybridized carbons (Fsp3) is 0.194. The number of aryl methyl sites for hydroxylation is 1. The molecule has 10 heteroatoms. The minimum absolute atomic E-state index is 0.0374. The topological polar surface area (TPSA) is 102 Å². The summed E-state index contributed by atoms with van der Waals surface area (Å²) in [4.78, 5) is 25.4. The van der Waals surface area contributed by atoms with Crippen LogP contribution in [0.5, 0.6) is 0 Å². The standard InChI is InChI=1S/C29H24F3N5O2.C2H6/c1-4-18-7-5-8-20(15-18)27(39)35-25-17-24(36-37(25)3)19-11-13-23(14-12-19)34-26(38)21-9-6-10-22(16-21)28(2,33)29(30,31)32;1-2/h1,5-17H,33H2,2-3H3,(H,34,38)(H,35,39);1-2H3. The van der Waals surface area contributed by atoms with Crippen LogP contribution in [0.2, 0.25) is 0 Å². The molecule has 7 nitrogen and oxygen atoms in total. The summed E-state index contributed by atoms with van der Waals surface area (Å²) in [7, 11) is 1.69. The molecule has 0 bridgehead atoms. The Labute approximate surface area is 236 Å². The highest BCUT2D eigenvalue weighted by Gasteiger charge is 2.49. The van der Waals surface area contributed by atoms with Crippen molar-refractivity contribution in [3.8, 4) is 23.6 Å². The summed E-state index contributed by atoms with van der Waals surface area (Å²) in [6, 6.07) is 20.2. The molecule has 4 rings (SSSR count). The number of nitrogens with one attached hydrogen (secondary N) is 2. The summed E-state index contributed by atoms with van der Waals surface area (Å²) in [6.07, 6.45) is 0.723. The van der Waals surface area contributed by atoms with E-state index < -0.39 is 17.6 Å². The van der Waals surface area contributed by atoms with Crippen molar-refractivity contribution in [2.75, 3.05) is 10.6 Å². The maximum atomic E-state index is 13.3. The minimum Gasteiger partial charge on any atom is -0.322 e. The van der Waals surface area contributed by atoms with Crippen LogP contribution in [0.4, 0.5) is 24.7 Å². The third-order valence-corrected chi connectivity index (χ3v) is 6.16. The van der Waals surface area contributed by atoms with Gasteiger partial charge < -0.3 is 16.4 Å². The maximum absolute atomic E-state index is 13.3. The van der Waals surface area contributed by atoms with Gasteiger partial charge in [0.2, 0.25) is 0 Å². The van der Waals surface area contributed by atoms with E-state index in [9.17, 15) is 22.8 Å². The molecule has 0 radical (unpaired) electrons. The van der Waals surface area contributed by atoms with Crippen molar-refractivity contribution in [3.63, 3.8) is 0 Å². The molecule has 0 aliphatic carbocycles. The zero-order chi connectivity index (χ0) is 30.4. The molecule has 1 atom stereocenters. The second-order valence-corrected chi connectivity index (χ2v) is 9.03. The van der Waals surface area contributed by atoms with E-state index in [1.165, 1.54) is 22.9 Å². The second kappa shape index (κ2) is 12.5. The van der Waals surface area contributed by atoms with E-state index in [1.807, 2.05) is 13.8 Å². The molecule has 41 heavy (non-hydrogen) atoms. The summed E-state index contributed by atoms with van der Waals surface area (Å²) in [5, 5.41) is 9.90. The highest BCUT2D eigenvalue weighted by Crippen LogP contribution is 2.36. The molecule has 0 aliphatic rings. The summed E-state index contributed by atoms with van der Waals surface area (Å²) < 4.78 is 41.5. The van der Waals surface area contributed by atoms with E-state index in [0.29, 0.717) is 33.9 Å². The molecule has 0 fully saturated rings. The Morgan fingerprint density at radius 3 is 2.10 bits per heavy atom. The number of amides is 2. The average molecular weight is 562 g/mol. The number of rotatable bonds is 6. The average Bonchev–Trinajstić information content (AvgIpc) is 3.33. The maximum Gasteiger partial charge on any atom is 0.410 e. The van der Waals surface area contributed by atoms with E-state index in [0.717, 1.165) is 13.0 Å². The Balaban J connectivity index is 0.00000226. The molecule has 3 aromatic carbocycles. The first-order valence-electron chi connectivity index (χ1n) is 12.7. The number of benzene rings is 3. The molecule has 0 saturated heterocycles. The van der Waals surface area contributed by atoms with Crippen molar-refractivity contribution in [2.24, 2.45) is 12.8 Å². The van der Waals surface area contributed by atoms with E-state index >= 15 is 0 Å². The van der Waals surface area contributed by atoms with Crippen LogP contribution in [0.15, 0.2) is 78.9 Å². The molecule has 212 valence electrons. The normalized spacial score (nSPS) is 12.3. The van der Waals surface area contributed by atoms with Gasteiger partial charge in [-0.3, -0.25) is 14.3 Å². The van der Waals surface area contributed by atoms with Gasteiger partial charge in [-0.2, -0.15) is 18.3 Å². The zero-order valence-corrected chi connectivity index (χ0v) is 23.0. The lowest BCUT2D eigenvalue weighted by molar-refractivity contribution is -0.184. The summed E-state index contributed by atoms with van der Waals surface area (Å²) in [5.74, 6) is 2.03. The van der Waals surface area contributed by atoms with Crippen LogP contribution >= 0.6 is 0 Å². The first kappa shape index (κ1) is 30.7. The Morgan fingerprint density at radius 2 is 1.49 bits per heavy atom. The molecule has 0 saturated carbocycles. The van der Waals surface area contributed by atoms with Crippen molar-refractivity contribution in [1.29, 1.82) is 0 Å². The van der Waals surface area contributed by atoms with Gasteiger partial charge in [-0.15, -0.1) is 6.42 Å². The smallest absolute Gasteiger partial charge is 0.322 e. The van der Waals surface area contributed by atoms with Crippen molar-refractivity contribution in [2.45, 2.75) is 32.5 Å². The number of anilines is 2. The molecule has 0 spiro atoms. The van der Waals surface area contributed by atoms with Gasteiger partial charge in [0.1, 0.15) is 11.4 Å². The van der Waals surface area contributed by atoms with Gasteiger partial charge in [0.25, 0.3) is 11.8 Å². The van der Waals surface area contributed by atoms with Crippen molar-refractivity contribution in [3.05, 3.63) is 101 Å². The van der Waals surface area contributed by atoms with E-state index in [2.05, 4.69) is 21.7 Å². The quantitative estimate of drug-likeness (QED) is 0.239. The Morgan fingerprint density at radius 1 is 0.902 bits per heavy atom. The summed E-state index contributed by atoms with van der Waals surface area (Å²) in [6.45, 7) is 4.86. The molecule has 2 amide bonds. The van der Waals surface area contributed by atoms with E-state index in [4.69, 9.17) is 12.2 Å². The molecule has 1 unspecified atom stereocenters. The first-order chi connectivity index (χ1) is 19.4. The highest BCUT2D eigenvalue weighted by atomic mass is 19.4. The molecule has 1 aromatic heterocycles. The fourth-order valence-corrected chi connectivity index (χ4v) is 3.74. The third-order valence-electron chi connectivity index (χ3n) is 6.16. The third kappa shape index (κ3) is 7.01. The molecule has 0 aliphatic heterocycles. The van der Waals surface area contributed by atoms with Gasteiger partial charge in [0.05, 0.1) is 5.69 Å². The lowest BCUT2D eigenvalue weighted by atomic mass is 9.91.